The maximum atomic E-state index is 12.0. The molecule has 10 heteroatoms. The lowest BCUT2D eigenvalue weighted by Gasteiger charge is -2.41. The third kappa shape index (κ3) is 4.86. The minimum absolute atomic E-state index is 0.0495. The lowest BCUT2D eigenvalue weighted by Crippen LogP contribution is -2.52. The van der Waals surface area contributed by atoms with Crippen molar-refractivity contribution in [3.8, 4) is 17.1 Å². The summed E-state index contributed by atoms with van der Waals surface area (Å²) in [5.41, 5.74) is 7.24. The van der Waals surface area contributed by atoms with Gasteiger partial charge < -0.3 is 30.1 Å². The fraction of sp³-hybridized carbons (Fsp3) is 0.524. The second kappa shape index (κ2) is 9.03. The summed E-state index contributed by atoms with van der Waals surface area (Å²) in [6.45, 7) is 4.15. The zero-order valence-corrected chi connectivity index (χ0v) is 17.8. The van der Waals surface area contributed by atoms with Gasteiger partial charge in [0.25, 0.3) is 5.91 Å². The van der Waals surface area contributed by atoms with Gasteiger partial charge in [-0.3, -0.25) is 4.79 Å². The zero-order chi connectivity index (χ0) is 22.0. The Hall–Kier alpha value is -2.98. The molecule has 1 amide bonds. The van der Waals surface area contributed by atoms with Crippen molar-refractivity contribution in [1.82, 2.24) is 19.9 Å². The van der Waals surface area contributed by atoms with Crippen LogP contribution in [0, 0.1) is 0 Å². The van der Waals surface area contributed by atoms with Gasteiger partial charge in [-0.25, -0.2) is 9.97 Å². The summed E-state index contributed by atoms with van der Waals surface area (Å²) in [5.74, 6) is 1.23. The topological polar surface area (TPSA) is 127 Å². The van der Waals surface area contributed by atoms with Gasteiger partial charge in [-0.2, -0.15) is 4.98 Å². The summed E-state index contributed by atoms with van der Waals surface area (Å²) in [7, 11) is 1.71. The first-order chi connectivity index (χ1) is 14.9. The molecule has 2 aromatic heterocycles. The van der Waals surface area contributed by atoms with Gasteiger partial charge in [0.1, 0.15) is 18.0 Å². The van der Waals surface area contributed by atoms with Crippen LogP contribution in [0.3, 0.4) is 0 Å². The number of hydrogen-bond acceptors (Lipinski definition) is 9. The summed E-state index contributed by atoms with van der Waals surface area (Å²) in [6, 6.07) is 5.45. The molecule has 31 heavy (non-hydrogen) atoms. The average Bonchev–Trinajstić information content (AvgIpc) is 2.76. The first-order valence-corrected chi connectivity index (χ1v) is 10.5. The number of anilines is 2. The Morgan fingerprint density at radius 3 is 2.71 bits per heavy atom. The van der Waals surface area contributed by atoms with E-state index in [0.717, 1.165) is 5.56 Å². The summed E-state index contributed by atoms with van der Waals surface area (Å²) in [6.07, 6.45) is 1.99. The minimum atomic E-state index is -1.00. The Morgan fingerprint density at radius 1 is 1.32 bits per heavy atom. The first kappa shape index (κ1) is 21.3. The van der Waals surface area contributed by atoms with E-state index in [0.29, 0.717) is 62.5 Å². The molecule has 1 atom stereocenters. The summed E-state index contributed by atoms with van der Waals surface area (Å²) >= 11 is 0. The molecule has 0 aromatic carbocycles. The number of pyridine rings is 1. The van der Waals surface area contributed by atoms with E-state index in [9.17, 15) is 9.90 Å². The largest absolute Gasteiger partial charge is 0.474 e. The molecule has 1 aliphatic heterocycles. The first-order valence-electron chi connectivity index (χ1n) is 10.5. The fourth-order valence-corrected chi connectivity index (χ4v) is 3.68. The number of carbonyl (C=O) groups is 1. The lowest BCUT2D eigenvalue weighted by molar-refractivity contribution is -0.143. The molecule has 2 fully saturated rings. The molecule has 2 aromatic rings. The van der Waals surface area contributed by atoms with Crippen LogP contribution in [0.25, 0.3) is 11.3 Å². The molecular weight excluding hydrogens is 400 g/mol. The number of amides is 1. The van der Waals surface area contributed by atoms with Crippen molar-refractivity contribution in [2.24, 2.45) is 0 Å². The van der Waals surface area contributed by atoms with Gasteiger partial charge in [-0.05, 0) is 19.1 Å². The predicted molar refractivity (Wildman–Crippen MR) is 115 cm³/mol. The molecule has 2 aliphatic rings. The van der Waals surface area contributed by atoms with Gasteiger partial charge in [-0.1, -0.05) is 0 Å². The van der Waals surface area contributed by atoms with Crippen LogP contribution in [0.1, 0.15) is 19.8 Å². The quantitative estimate of drug-likeness (QED) is 0.684. The van der Waals surface area contributed by atoms with E-state index < -0.39 is 6.10 Å². The molecule has 1 aliphatic carbocycles. The van der Waals surface area contributed by atoms with Crippen molar-refractivity contribution in [2.75, 3.05) is 44.0 Å². The van der Waals surface area contributed by atoms with E-state index in [1.54, 1.807) is 30.3 Å². The van der Waals surface area contributed by atoms with Crippen LogP contribution in [0.15, 0.2) is 24.4 Å². The zero-order valence-electron chi connectivity index (χ0n) is 17.8. The SMILES string of the molecule is C[C@H](O)C(=O)N(C)C1CC(Oc2cc(-c3ccc(N)nc3)nc(N3CCOCC3)n2)C1. The third-order valence-electron chi connectivity index (χ3n) is 5.68. The molecule has 0 unspecified atom stereocenters. The number of ether oxygens (including phenoxy) is 2. The number of morpholine rings is 1. The summed E-state index contributed by atoms with van der Waals surface area (Å²) in [4.78, 5) is 29.1. The maximum Gasteiger partial charge on any atom is 0.251 e. The van der Waals surface area contributed by atoms with Crippen molar-refractivity contribution in [1.29, 1.82) is 0 Å². The number of nitrogens with two attached hydrogens (primary N) is 1. The van der Waals surface area contributed by atoms with Crippen LogP contribution in [-0.2, 0) is 9.53 Å². The van der Waals surface area contributed by atoms with Gasteiger partial charge in [0, 0.05) is 56.8 Å². The Balaban J connectivity index is 1.51. The molecule has 0 spiro atoms. The highest BCUT2D eigenvalue weighted by atomic mass is 16.5. The van der Waals surface area contributed by atoms with Crippen LogP contribution in [0.4, 0.5) is 11.8 Å². The van der Waals surface area contributed by atoms with E-state index >= 15 is 0 Å². The van der Waals surface area contributed by atoms with E-state index in [2.05, 4.69) is 14.9 Å². The van der Waals surface area contributed by atoms with E-state index in [4.69, 9.17) is 20.2 Å². The normalized spacial score (nSPS) is 21.8. The standard InChI is InChI=1S/C21H28N6O4/c1-13(28)20(29)26(2)15-9-16(10-15)31-19-11-17(14-3-4-18(22)23-12-14)24-21(25-19)27-5-7-30-8-6-27/h3-4,11-13,15-16,28H,5-10H2,1-2H3,(H2,22,23)/t13-,15?,16?/m0/s1. The molecule has 1 saturated carbocycles. The number of carbonyl (C=O) groups excluding carboxylic acids is 1. The number of nitrogens with zero attached hydrogens (tertiary/aromatic N) is 5. The number of rotatable bonds is 6. The van der Waals surface area contributed by atoms with Crippen LogP contribution in [-0.4, -0.2) is 82.5 Å². The Morgan fingerprint density at radius 2 is 2.06 bits per heavy atom. The van der Waals surface area contributed by atoms with Crippen molar-refractivity contribution < 1.29 is 19.4 Å². The molecule has 3 heterocycles. The molecule has 10 nitrogen and oxygen atoms in total. The fourth-order valence-electron chi connectivity index (χ4n) is 3.68. The van der Waals surface area contributed by atoms with Gasteiger partial charge in [0.05, 0.1) is 18.9 Å². The van der Waals surface area contributed by atoms with Gasteiger partial charge in [0.15, 0.2) is 0 Å². The maximum absolute atomic E-state index is 12.0. The number of aromatic nitrogens is 3. The van der Waals surface area contributed by atoms with Gasteiger partial charge in [0.2, 0.25) is 11.8 Å². The third-order valence-corrected chi connectivity index (χ3v) is 5.68. The smallest absolute Gasteiger partial charge is 0.251 e. The minimum Gasteiger partial charge on any atom is -0.474 e. The average molecular weight is 428 g/mol. The number of likely N-dealkylation sites (N-methyl/N-ethyl adjacent to an activating group) is 1. The van der Waals surface area contributed by atoms with Gasteiger partial charge >= 0.3 is 0 Å². The number of aliphatic hydroxyl groups is 1. The van der Waals surface area contributed by atoms with Gasteiger partial charge in [-0.15, -0.1) is 0 Å². The predicted octanol–water partition coefficient (Wildman–Crippen LogP) is 0.706. The molecular formula is C21H28N6O4. The molecule has 0 radical (unpaired) electrons. The van der Waals surface area contributed by atoms with Crippen LogP contribution < -0.4 is 15.4 Å². The molecule has 0 bridgehead atoms. The molecule has 3 N–H and O–H groups in total. The lowest BCUT2D eigenvalue weighted by atomic mass is 9.88. The van der Waals surface area contributed by atoms with Crippen molar-refractivity contribution >= 4 is 17.7 Å². The van der Waals surface area contributed by atoms with Crippen LogP contribution in [0.2, 0.25) is 0 Å². The molecule has 1 saturated heterocycles. The van der Waals surface area contributed by atoms with Crippen molar-refractivity contribution in [3.05, 3.63) is 24.4 Å². The second-order valence-corrected chi connectivity index (χ2v) is 7.95. The highest BCUT2D eigenvalue weighted by Gasteiger charge is 2.37. The Bertz CT molecular complexity index is 911. The molecule has 166 valence electrons. The van der Waals surface area contributed by atoms with E-state index in [1.165, 1.54) is 6.92 Å². The van der Waals surface area contributed by atoms with Crippen LogP contribution >= 0.6 is 0 Å². The highest BCUT2D eigenvalue weighted by molar-refractivity contribution is 5.80. The summed E-state index contributed by atoms with van der Waals surface area (Å²) in [5, 5.41) is 9.51. The Labute approximate surface area is 181 Å². The number of nitrogen functional groups attached to an aromatic ring is 1. The highest BCUT2D eigenvalue weighted by Crippen LogP contribution is 2.31. The number of aliphatic hydroxyl groups excluding tert-OH is 1. The second-order valence-electron chi connectivity index (χ2n) is 7.95. The summed E-state index contributed by atoms with van der Waals surface area (Å²) < 4.78 is 11.6. The van der Waals surface area contributed by atoms with Crippen molar-refractivity contribution in [3.63, 3.8) is 0 Å². The monoisotopic (exact) mass is 428 g/mol. The van der Waals surface area contributed by atoms with E-state index in [-0.39, 0.29) is 18.1 Å². The number of hydrogen-bond donors (Lipinski definition) is 2. The Kier molecular flexibility index (Phi) is 6.19. The van der Waals surface area contributed by atoms with Crippen LogP contribution in [0.5, 0.6) is 5.88 Å². The van der Waals surface area contributed by atoms with E-state index in [1.807, 2.05) is 6.07 Å². The molecule has 4 rings (SSSR count). The van der Waals surface area contributed by atoms with Crippen molar-refractivity contribution in [2.45, 2.75) is 38.0 Å².